The number of methoxy groups -OCH3 is 1. The van der Waals surface area contributed by atoms with Gasteiger partial charge in [-0.2, -0.15) is 0 Å². The van der Waals surface area contributed by atoms with Crippen LogP contribution in [0, 0.1) is 11.6 Å². The zero-order valence-corrected chi connectivity index (χ0v) is 15.2. The summed E-state index contributed by atoms with van der Waals surface area (Å²) in [5.74, 6) is -2.90. The number of hydrogen-bond acceptors (Lipinski definition) is 4. The van der Waals surface area contributed by atoms with Crippen LogP contribution in [0.1, 0.15) is 11.1 Å². The number of nitrogens with zero attached hydrogens (tertiary/aromatic N) is 1. The molecule has 0 atom stereocenters. The first kappa shape index (κ1) is 19.8. The van der Waals surface area contributed by atoms with E-state index in [1.54, 1.807) is 6.07 Å². The van der Waals surface area contributed by atoms with E-state index in [-0.39, 0.29) is 17.9 Å². The van der Waals surface area contributed by atoms with Crippen LogP contribution in [0.2, 0.25) is 0 Å². The Kier molecular flexibility index (Phi) is 6.31. The highest BCUT2D eigenvalue weighted by atomic mass is 32.2. The summed E-state index contributed by atoms with van der Waals surface area (Å²) in [5.41, 5.74) is 0.777. The van der Waals surface area contributed by atoms with Crippen LogP contribution in [-0.2, 0) is 26.9 Å². The van der Waals surface area contributed by atoms with E-state index in [1.165, 1.54) is 49.4 Å². The minimum Gasteiger partial charge on any atom is -0.494 e. The highest BCUT2D eigenvalue weighted by Crippen LogP contribution is 2.19. The Labute approximate surface area is 151 Å². The molecule has 5 nitrogen and oxygen atoms in total. The molecule has 2 aromatic carbocycles. The lowest BCUT2D eigenvalue weighted by atomic mass is 10.2. The minimum atomic E-state index is -3.79. The fourth-order valence-electron chi connectivity index (χ4n) is 2.40. The molecule has 2 aromatic rings. The number of halogens is 2. The van der Waals surface area contributed by atoms with Crippen LogP contribution >= 0.6 is 0 Å². The average molecular weight is 383 g/mol. The van der Waals surface area contributed by atoms with Crippen molar-refractivity contribution in [3.05, 3.63) is 65.2 Å². The summed E-state index contributed by atoms with van der Waals surface area (Å²) in [6, 6.07) is 9.54. The topological polar surface area (TPSA) is 63.7 Å². The van der Waals surface area contributed by atoms with Crippen molar-refractivity contribution in [2.45, 2.75) is 12.3 Å². The molecule has 0 fully saturated rings. The van der Waals surface area contributed by atoms with Crippen molar-refractivity contribution in [2.75, 3.05) is 19.9 Å². The monoisotopic (exact) mass is 383 g/mol. The van der Waals surface area contributed by atoms with Gasteiger partial charge in [-0.3, -0.25) is 4.79 Å². The molecule has 0 unspecified atom stereocenters. The van der Waals surface area contributed by atoms with Crippen LogP contribution in [0.4, 0.5) is 8.78 Å². The Morgan fingerprint density at radius 2 is 1.85 bits per heavy atom. The van der Waals surface area contributed by atoms with Gasteiger partial charge in [0.05, 0.1) is 12.9 Å². The zero-order chi connectivity index (χ0) is 19.3. The van der Waals surface area contributed by atoms with E-state index in [1.807, 2.05) is 0 Å². The second kappa shape index (κ2) is 8.27. The summed E-state index contributed by atoms with van der Waals surface area (Å²) < 4.78 is 56.1. The number of amides is 1. The van der Waals surface area contributed by atoms with E-state index in [9.17, 15) is 22.0 Å². The first-order valence-corrected chi connectivity index (χ1v) is 9.53. The summed E-state index contributed by atoms with van der Waals surface area (Å²) in [4.78, 5) is 13.4. The van der Waals surface area contributed by atoms with Crippen LogP contribution in [-0.4, -0.2) is 39.1 Å². The standard InChI is InChI=1S/C18H19F2NO4S/c1-21(10-13-4-3-5-15(19)8-13)18(22)12-26(23,24)11-14-6-7-17(25-2)16(20)9-14/h3-9H,10-12H2,1-2H3. The molecule has 2 rings (SSSR count). The van der Waals surface area contributed by atoms with Crippen molar-refractivity contribution in [3.63, 3.8) is 0 Å². The highest BCUT2D eigenvalue weighted by molar-refractivity contribution is 7.91. The molecular formula is C18H19F2NO4S. The summed E-state index contributed by atoms with van der Waals surface area (Å²) in [6.45, 7) is 0.0866. The molecule has 0 aliphatic rings. The van der Waals surface area contributed by atoms with Crippen LogP contribution in [0.5, 0.6) is 5.75 Å². The number of hydrogen-bond donors (Lipinski definition) is 0. The number of sulfone groups is 1. The van der Waals surface area contributed by atoms with E-state index in [0.29, 0.717) is 5.56 Å². The van der Waals surface area contributed by atoms with E-state index >= 15 is 0 Å². The van der Waals surface area contributed by atoms with Gasteiger partial charge in [-0.25, -0.2) is 17.2 Å². The predicted octanol–water partition coefficient (Wildman–Crippen LogP) is 2.55. The third-order valence-corrected chi connectivity index (χ3v) is 5.14. The summed E-state index contributed by atoms with van der Waals surface area (Å²) in [7, 11) is -1.04. The van der Waals surface area contributed by atoms with Crippen molar-refractivity contribution in [3.8, 4) is 5.75 Å². The molecule has 0 saturated carbocycles. The lowest BCUT2D eigenvalue weighted by Crippen LogP contribution is -2.32. The molecule has 1 amide bonds. The quantitative estimate of drug-likeness (QED) is 0.737. The van der Waals surface area contributed by atoms with E-state index in [2.05, 4.69) is 0 Å². The van der Waals surface area contributed by atoms with Crippen LogP contribution in [0.15, 0.2) is 42.5 Å². The molecule has 0 N–H and O–H groups in total. The number of carbonyl (C=O) groups excluding carboxylic acids is 1. The molecule has 0 aliphatic heterocycles. The molecule has 0 saturated heterocycles. The molecule has 0 bridgehead atoms. The van der Waals surface area contributed by atoms with Crippen molar-refractivity contribution in [1.82, 2.24) is 4.90 Å². The van der Waals surface area contributed by atoms with Gasteiger partial charge in [-0.1, -0.05) is 18.2 Å². The van der Waals surface area contributed by atoms with Gasteiger partial charge in [0.25, 0.3) is 0 Å². The SMILES string of the molecule is COc1ccc(CS(=O)(=O)CC(=O)N(C)Cc2cccc(F)c2)cc1F. The smallest absolute Gasteiger partial charge is 0.237 e. The summed E-state index contributed by atoms with van der Waals surface area (Å²) in [6.07, 6.45) is 0. The molecule has 26 heavy (non-hydrogen) atoms. The first-order valence-electron chi connectivity index (χ1n) is 7.71. The van der Waals surface area contributed by atoms with Gasteiger partial charge in [-0.05, 0) is 35.4 Å². The van der Waals surface area contributed by atoms with Crippen LogP contribution in [0.25, 0.3) is 0 Å². The van der Waals surface area contributed by atoms with Gasteiger partial charge in [0, 0.05) is 13.6 Å². The maximum Gasteiger partial charge on any atom is 0.237 e. The average Bonchev–Trinajstić information content (AvgIpc) is 2.54. The normalized spacial score (nSPS) is 11.2. The molecule has 0 spiro atoms. The number of rotatable bonds is 7. The van der Waals surface area contributed by atoms with Crippen molar-refractivity contribution in [1.29, 1.82) is 0 Å². The molecule has 140 valence electrons. The fraction of sp³-hybridized carbons (Fsp3) is 0.278. The maximum absolute atomic E-state index is 13.7. The number of benzene rings is 2. The molecule has 0 radical (unpaired) electrons. The van der Waals surface area contributed by atoms with Gasteiger partial charge in [0.15, 0.2) is 21.4 Å². The van der Waals surface area contributed by atoms with E-state index in [4.69, 9.17) is 4.74 Å². The zero-order valence-electron chi connectivity index (χ0n) is 14.4. The Balaban J connectivity index is 2.01. The molecule has 8 heteroatoms. The van der Waals surface area contributed by atoms with Gasteiger partial charge in [-0.15, -0.1) is 0 Å². The Bertz CT molecular complexity index is 900. The first-order chi connectivity index (χ1) is 12.2. The molecule has 0 aliphatic carbocycles. The van der Waals surface area contributed by atoms with Gasteiger partial charge < -0.3 is 9.64 Å². The predicted molar refractivity (Wildman–Crippen MR) is 93.3 cm³/mol. The molecule has 0 heterocycles. The van der Waals surface area contributed by atoms with Crippen molar-refractivity contribution in [2.24, 2.45) is 0 Å². The van der Waals surface area contributed by atoms with Gasteiger partial charge >= 0.3 is 0 Å². The number of carbonyl (C=O) groups is 1. The van der Waals surface area contributed by atoms with E-state index < -0.39 is 38.9 Å². The Morgan fingerprint density at radius 1 is 1.12 bits per heavy atom. The van der Waals surface area contributed by atoms with Crippen LogP contribution in [0.3, 0.4) is 0 Å². The maximum atomic E-state index is 13.7. The van der Waals surface area contributed by atoms with E-state index in [0.717, 1.165) is 6.07 Å². The lowest BCUT2D eigenvalue weighted by molar-refractivity contribution is -0.127. The van der Waals surface area contributed by atoms with Crippen molar-refractivity contribution >= 4 is 15.7 Å². The van der Waals surface area contributed by atoms with Crippen molar-refractivity contribution < 1.29 is 26.7 Å². The third kappa shape index (κ3) is 5.52. The number of ether oxygens (including phenoxy) is 1. The Morgan fingerprint density at radius 3 is 2.46 bits per heavy atom. The summed E-state index contributed by atoms with van der Waals surface area (Å²) >= 11 is 0. The summed E-state index contributed by atoms with van der Waals surface area (Å²) in [5, 5.41) is 0. The third-order valence-electron chi connectivity index (χ3n) is 3.68. The Hall–Kier alpha value is -2.48. The second-order valence-corrected chi connectivity index (χ2v) is 7.95. The fourth-order valence-corrected chi connectivity index (χ4v) is 3.79. The largest absolute Gasteiger partial charge is 0.494 e. The second-order valence-electron chi connectivity index (χ2n) is 5.88. The van der Waals surface area contributed by atoms with Gasteiger partial charge in [0.1, 0.15) is 11.6 Å². The minimum absolute atomic E-state index is 0.0112. The molecular weight excluding hydrogens is 364 g/mol. The lowest BCUT2D eigenvalue weighted by Gasteiger charge is -2.17. The molecule has 0 aromatic heterocycles. The van der Waals surface area contributed by atoms with Gasteiger partial charge in [0.2, 0.25) is 5.91 Å². The highest BCUT2D eigenvalue weighted by Gasteiger charge is 2.21. The van der Waals surface area contributed by atoms with Crippen LogP contribution < -0.4 is 4.74 Å².